The molecule has 3 heterocycles. The van der Waals surface area contributed by atoms with Gasteiger partial charge in [-0.2, -0.15) is 49.3 Å². The monoisotopic (exact) mass is 716 g/mol. The largest absolute Gasteiger partial charge is 0.476 e. The molecule has 1 aromatic carbocycles. The highest BCUT2D eigenvalue weighted by Crippen LogP contribution is 2.29. The van der Waals surface area contributed by atoms with E-state index in [0.717, 1.165) is 4.90 Å². The van der Waals surface area contributed by atoms with Crippen LogP contribution in [0.5, 0.6) is 11.6 Å². The number of nitrogens with zero attached hydrogens (tertiary/aromatic N) is 4. The number of benzene rings is 1. The van der Waals surface area contributed by atoms with Crippen molar-refractivity contribution in [2.45, 2.75) is 31.2 Å². The van der Waals surface area contributed by atoms with Crippen LogP contribution in [0.15, 0.2) is 54.5 Å². The maximum atomic E-state index is 14.4. The van der Waals surface area contributed by atoms with Crippen molar-refractivity contribution in [1.82, 2.24) is 20.2 Å². The van der Waals surface area contributed by atoms with E-state index in [1.54, 1.807) is 18.2 Å². The fraction of sp³-hybridized carbons (Fsp3) is 0.222. The molecule has 14 nitrogen and oxygen atoms in total. The van der Waals surface area contributed by atoms with E-state index >= 15 is 0 Å². The zero-order valence-electron chi connectivity index (χ0n) is 23.7. The smallest absolute Gasteiger partial charge is 0.414 e. The summed E-state index contributed by atoms with van der Waals surface area (Å²) in [5.41, 5.74) is 1.40. The number of H-pyrrole nitrogens is 1. The molecule has 2 aromatic heterocycles. The summed E-state index contributed by atoms with van der Waals surface area (Å²) in [5, 5.41) is 26.1. The third-order valence-electron chi connectivity index (χ3n) is 6.05. The lowest BCUT2D eigenvalue weighted by Crippen LogP contribution is -2.48. The van der Waals surface area contributed by atoms with Gasteiger partial charge in [0.1, 0.15) is 18.0 Å². The van der Waals surface area contributed by atoms with Crippen molar-refractivity contribution in [3.8, 4) is 11.6 Å². The molecule has 1 saturated heterocycles. The Labute approximate surface area is 285 Å². The van der Waals surface area contributed by atoms with Crippen LogP contribution in [-0.2, 0) is 25.6 Å². The lowest BCUT2D eigenvalue weighted by molar-refractivity contribution is -0.159. The molecule has 0 saturated carbocycles. The fourth-order valence-corrected chi connectivity index (χ4v) is 4.06. The maximum Gasteiger partial charge on any atom is 0.414 e. The van der Waals surface area contributed by atoms with Crippen LogP contribution in [-0.4, -0.2) is 78.9 Å². The highest BCUT2D eigenvalue weighted by molar-refractivity contribution is 7.59. The first-order chi connectivity index (χ1) is 20.8. The number of carboxylic acids is 3. The number of carbonyl (C=O) groups excluding carboxylic acids is 1. The van der Waals surface area contributed by atoms with E-state index in [2.05, 4.69) is 19.7 Å². The Bertz CT molecular complexity index is 1700. The van der Waals surface area contributed by atoms with Gasteiger partial charge in [0.25, 0.3) is 11.7 Å². The van der Waals surface area contributed by atoms with Gasteiger partial charge in [0.05, 0.1) is 19.5 Å². The Morgan fingerprint density at radius 1 is 1.06 bits per heavy atom. The average Bonchev–Trinajstić information content (AvgIpc) is 3.58. The molecule has 1 fully saturated rings. The molecule has 0 unspecified atom stereocenters. The van der Waals surface area contributed by atoms with E-state index < -0.39 is 60.5 Å². The van der Waals surface area contributed by atoms with Gasteiger partial charge in [-0.25, -0.2) is 35.2 Å². The number of pyridine rings is 1. The van der Waals surface area contributed by atoms with Crippen molar-refractivity contribution in [2.24, 2.45) is 0 Å². The van der Waals surface area contributed by atoms with Crippen molar-refractivity contribution in [3.05, 3.63) is 82.9 Å². The molecule has 4 rings (SSSR count). The second-order valence-corrected chi connectivity index (χ2v) is 8.97. The summed E-state index contributed by atoms with van der Waals surface area (Å²) in [6.45, 7) is 13.8. The molecular formula is C27H27F3N6O8S3. The van der Waals surface area contributed by atoms with Crippen LogP contribution in [0.4, 0.5) is 18.9 Å². The fourth-order valence-electron chi connectivity index (χ4n) is 4.06. The minimum Gasteiger partial charge on any atom is -0.476 e. The number of likely N-dealkylation sites (tertiary alicyclic amines) is 1. The highest BCUT2D eigenvalue weighted by atomic mass is 32.1. The molecule has 1 amide bonds. The Balaban J connectivity index is 0.00000215. The molecular weight excluding hydrogens is 690 g/mol. The van der Waals surface area contributed by atoms with Crippen molar-refractivity contribution in [2.75, 3.05) is 6.54 Å². The molecule has 3 atom stereocenters. The molecule has 47 heavy (non-hydrogen) atoms. The predicted molar refractivity (Wildman–Crippen MR) is 174 cm³/mol. The Morgan fingerprint density at radius 3 is 2.26 bits per heavy atom. The number of hydrogen-bond acceptors (Lipinski definition) is 7. The van der Waals surface area contributed by atoms with E-state index in [-0.39, 0.29) is 59.2 Å². The quantitative estimate of drug-likeness (QED) is 0.0989. The second kappa shape index (κ2) is 18.8. The zero-order valence-corrected chi connectivity index (χ0v) is 26.7. The van der Waals surface area contributed by atoms with Crippen LogP contribution in [0.1, 0.15) is 12.0 Å². The molecule has 0 aliphatic carbocycles. The van der Waals surface area contributed by atoms with Crippen LogP contribution in [0, 0.1) is 13.1 Å². The summed E-state index contributed by atoms with van der Waals surface area (Å²) >= 11 is 0. The van der Waals surface area contributed by atoms with Gasteiger partial charge in [0.2, 0.25) is 17.5 Å². The minimum atomic E-state index is -2.17. The van der Waals surface area contributed by atoms with Gasteiger partial charge >= 0.3 is 24.1 Å². The summed E-state index contributed by atoms with van der Waals surface area (Å²) in [6.07, 6.45) is -0.188. The van der Waals surface area contributed by atoms with Crippen LogP contribution in [0.2, 0.25) is 0 Å². The molecule has 5 N–H and O–H groups in total. The molecule has 20 heteroatoms. The summed E-state index contributed by atoms with van der Waals surface area (Å²) < 4.78 is 47.8. The van der Waals surface area contributed by atoms with Gasteiger partial charge in [-0.3, -0.25) is 14.5 Å². The van der Waals surface area contributed by atoms with Crippen LogP contribution in [0.25, 0.3) is 20.6 Å². The van der Waals surface area contributed by atoms with E-state index in [9.17, 15) is 22.8 Å². The van der Waals surface area contributed by atoms with Crippen molar-refractivity contribution < 1.29 is 52.4 Å². The summed E-state index contributed by atoms with van der Waals surface area (Å²) in [6, 6.07) is 6.44. The minimum absolute atomic E-state index is 0. The van der Waals surface area contributed by atoms with Crippen molar-refractivity contribution in [1.29, 1.82) is 0 Å². The van der Waals surface area contributed by atoms with E-state index in [4.69, 9.17) is 42.8 Å². The van der Waals surface area contributed by atoms with Gasteiger partial charge in [-0.1, -0.05) is 0 Å². The van der Waals surface area contributed by atoms with E-state index in [1.807, 2.05) is 5.32 Å². The first kappa shape index (κ1) is 42.0. The molecule has 0 bridgehead atoms. The third kappa shape index (κ3) is 11.1. The first-order valence-electron chi connectivity index (χ1n) is 12.3. The van der Waals surface area contributed by atoms with Gasteiger partial charge in [-0.15, -0.1) is 0 Å². The average molecular weight is 717 g/mol. The van der Waals surface area contributed by atoms with Crippen LogP contribution in [0.3, 0.4) is 0 Å². The number of ether oxygens (including phenoxy) is 1. The predicted octanol–water partition coefficient (Wildman–Crippen LogP) is 3.91. The number of carboxylic acid groups (broad SMARTS) is 3. The van der Waals surface area contributed by atoms with Crippen LogP contribution < -0.4 is 10.1 Å². The zero-order chi connectivity index (χ0) is 32.6. The summed E-state index contributed by atoms with van der Waals surface area (Å²) in [4.78, 5) is 56.8. The van der Waals surface area contributed by atoms with E-state index in [0.29, 0.717) is 27.9 Å². The number of nitrogens with one attached hydrogen (secondary N) is 2. The van der Waals surface area contributed by atoms with Gasteiger partial charge in [0.15, 0.2) is 0 Å². The number of fused-ring (bicyclic) bond motifs is 1. The number of aromatic nitrogens is 2. The molecule has 1 aliphatic heterocycles. The van der Waals surface area contributed by atoms with Crippen molar-refractivity contribution in [3.63, 3.8) is 0 Å². The molecule has 1 aliphatic rings. The number of hydrogen-bond donors (Lipinski definition) is 5. The maximum absolute atomic E-state index is 14.4. The Kier molecular flexibility index (Phi) is 16.8. The number of aliphatic carboxylic acids is 3. The third-order valence-corrected chi connectivity index (χ3v) is 6.05. The highest BCUT2D eigenvalue weighted by Gasteiger charge is 2.42. The lowest BCUT2D eigenvalue weighted by Gasteiger charge is -2.24. The molecule has 0 spiro atoms. The number of carbonyl (C=O) groups is 4. The molecule has 252 valence electrons. The molecule has 3 aromatic rings. The summed E-state index contributed by atoms with van der Waals surface area (Å²) in [7, 11) is 0. The number of alkyl halides is 1. The van der Waals surface area contributed by atoms with Gasteiger partial charge in [0, 0.05) is 29.7 Å². The number of aromatic amines is 1. The number of amides is 1. The first-order valence-corrected chi connectivity index (χ1v) is 12.3. The number of rotatable bonds is 8. The second-order valence-electron chi connectivity index (χ2n) is 8.97. The Hall–Kier alpha value is -5.05. The van der Waals surface area contributed by atoms with Gasteiger partial charge in [-0.05, 0) is 35.9 Å². The van der Waals surface area contributed by atoms with E-state index in [1.165, 1.54) is 24.5 Å². The normalized spacial score (nSPS) is 15.7. The van der Waals surface area contributed by atoms with Crippen LogP contribution >= 0.6 is 40.5 Å². The lowest BCUT2D eigenvalue weighted by atomic mass is 10.0. The topological polar surface area (TPSA) is 191 Å². The summed E-state index contributed by atoms with van der Waals surface area (Å²) in [5.74, 6) is -10.1. The SMILES string of the molecule is O=C(O)C(=O)O.S.S.S.[C-]#[N+]c1ccc(Oc2ccc3[nH]cc(C[C@H](N/C(F)=C(/F)C(=O)O)C(=O)N4C[C@@H](F)C[C@H]4[N+]#[C-])c3c2)nc1. The van der Waals surface area contributed by atoms with Crippen molar-refractivity contribution >= 4 is 80.9 Å². The molecule has 0 radical (unpaired) electrons. The van der Waals surface area contributed by atoms with Gasteiger partial charge < -0.3 is 30.4 Å². The Morgan fingerprint density at radius 2 is 1.72 bits per heavy atom. The standard InChI is InChI=1S/C25H19F3N6O4.C2H2O4.3H2S/c1-29-15-3-6-21(32-11-15)38-16-4-5-18-17(9-16)13(10-31-18)7-19(33-23(28)22(27)25(36)37)24(35)34-12-14(26)8-20(34)30-2;3-1(4)2(5)6;;;/h3-6,9-11,14,19-20,31,33H,7-8,12H2,(H,36,37);(H,3,4)(H,5,6);3*1H2/b23-22+;;;;/t14-,19-,20-;;;;/m0..../s1. The number of halogens is 3.